The molecule has 0 saturated carbocycles. The zero-order valence-electron chi connectivity index (χ0n) is 12.1. The van der Waals surface area contributed by atoms with Gasteiger partial charge >= 0.3 is 5.97 Å². The average Bonchev–Trinajstić information content (AvgIpc) is 2.54. The van der Waals surface area contributed by atoms with Gasteiger partial charge in [-0.3, -0.25) is 4.79 Å². The summed E-state index contributed by atoms with van der Waals surface area (Å²) in [5, 5.41) is 21.4. The number of hydrogen-bond donors (Lipinski definition) is 2. The van der Waals surface area contributed by atoms with Gasteiger partial charge in [0.05, 0.1) is 11.3 Å². The highest BCUT2D eigenvalue weighted by Gasteiger charge is 2.15. The molecule has 0 spiro atoms. The number of para-hydroxylation sites is 1. The maximum atomic E-state index is 12.2. The van der Waals surface area contributed by atoms with Gasteiger partial charge in [0, 0.05) is 10.0 Å². The van der Waals surface area contributed by atoms with E-state index in [2.05, 4.69) is 5.32 Å². The molecule has 2 aromatic carbocycles. The molecule has 0 unspecified atom stereocenters. The van der Waals surface area contributed by atoms with Crippen LogP contribution in [0.4, 0.5) is 5.69 Å². The number of rotatable bonds is 4. The second-order valence-corrected chi connectivity index (χ2v) is 5.48. The number of carboxylic acid groups (broad SMARTS) is 1. The van der Waals surface area contributed by atoms with E-state index in [1.165, 1.54) is 30.3 Å². The van der Waals surface area contributed by atoms with E-state index in [1.807, 2.05) is 0 Å². The Morgan fingerprint density at radius 2 is 1.88 bits per heavy atom. The molecule has 0 aliphatic rings. The molecular formula is C17H10Cl2N2O3. The summed E-state index contributed by atoms with van der Waals surface area (Å²) < 4.78 is 0. The van der Waals surface area contributed by atoms with Crippen molar-refractivity contribution < 1.29 is 14.7 Å². The third-order valence-corrected chi connectivity index (χ3v) is 3.60. The lowest BCUT2D eigenvalue weighted by Crippen LogP contribution is -2.16. The van der Waals surface area contributed by atoms with Crippen molar-refractivity contribution in [1.82, 2.24) is 0 Å². The fraction of sp³-hybridized carbons (Fsp3) is 0. The van der Waals surface area contributed by atoms with Crippen molar-refractivity contribution in [3.05, 3.63) is 69.2 Å². The summed E-state index contributed by atoms with van der Waals surface area (Å²) in [6, 6.07) is 12.3. The number of benzene rings is 2. The van der Waals surface area contributed by atoms with Crippen LogP contribution < -0.4 is 5.32 Å². The summed E-state index contributed by atoms with van der Waals surface area (Å²) in [5.41, 5.74) is 0.240. The van der Waals surface area contributed by atoms with Crippen molar-refractivity contribution in [1.29, 1.82) is 5.26 Å². The number of nitrogens with one attached hydrogen (secondary N) is 1. The molecule has 0 atom stereocenters. The molecule has 5 nitrogen and oxygen atoms in total. The average molecular weight is 361 g/mol. The van der Waals surface area contributed by atoms with Crippen LogP contribution in [0.3, 0.4) is 0 Å². The number of nitriles is 1. The Hall–Kier alpha value is -2.81. The number of aromatic carboxylic acids is 1. The second-order valence-electron chi connectivity index (χ2n) is 4.64. The highest BCUT2D eigenvalue weighted by molar-refractivity contribution is 6.35. The Labute approximate surface area is 147 Å². The Morgan fingerprint density at radius 3 is 2.50 bits per heavy atom. The van der Waals surface area contributed by atoms with Crippen LogP contribution in [-0.2, 0) is 4.79 Å². The van der Waals surface area contributed by atoms with E-state index in [9.17, 15) is 14.9 Å². The largest absolute Gasteiger partial charge is 0.478 e. The number of carbonyl (C=O) groups is 2. The maximum Gasteiger partial charge on any atom is 0.337 e. The Bertz CT molecular complexity index is 886. The third-order valence-electron chi connectivity index (χ3n) is 3.03. The van der Waals surface area contributed by atoms with E-state index in [0.717, 1.165) is 0 Å². The summed E-state index contributed by atoms with van der Waals surface area (Å²) in [6.45, 7) is 0. The lowest BCUT2D eigenvalue weighted by atomic mass is 10.1. The van der Waals surface area contributed by atoms with Crippen LogP contribution in [0.2, 0.25) is 10.0 Å². The first-order chi connectivity index (χ1) is 11.4. The van der Waals surface area contributed by atoms with Gasteiger partial charge in [-0.1, -0.05) is 41.4 Å². The van der Waals surface area contributed by atoms with Crippen LogP contribution in [-0.4, -0.2) is 17.0 Å². The summed E-state index contributed by atoms with van der Waals surface area (Å²) in [5.74, 6) is -1.92. The van der Waals surface area contributed by atoms with Crippen molar-refractivity contribution >= 4 is 46.8 Å². The van der Waals surface area contributed by atoms with Gasteiger partial charge in [0.15, 0.2) is 0 Å². The normalized spacial score (nSPS) is 10.8. The molecule has 0 fully saturated rings. The van der Waals surface area contributed by atoms with Crippen LogP contribution in [0.25, 0.3) is 6.08 Å². The molecule has 0 aliphatic carbocycles. The van der Waals surface area contributed by atoms with Crippen LogP contribution in [0.1, 0.15) is 15.9 Å². The van der Waals surface area contributed by atoms with E-state index in [0.29, 0.717) is 10.6 Å². The van der Waals surface area contributed by atoms with Gasteiger partial charge in [-0.2, -0.15) is 5.26 Å². The molecule has 0 saturated heterocycles. The second kappa shape index (κ2) is 7.64. The predicted molar refractivity (Wildman–Crippen MR) is 92.1 cm³/mol. The first kappa shape index (κ1) is 17.5. The van der Waals surface area contributed by atoms with Gasteiger partial charge in [0.2, 0.25) is 0 Å². The van der Waals surface area contributed by atoms with Gasteiger partial charge in [-0.05, 0) is 35.9 Å². The van der Waals surface area contributed by atoms with Crippen LogP contribution in [0.15, 0.2) is 48.0 Å². The minimum Gasteiger partial charge on any atom is -0.478 e. The first-order valence-corrected chi connectivity index (χ1v) is 7.38. The van der Waals surface area contributed by atoms with Gasteiger partial charge in [-0.15, -0.1) is 0 Å². The summed E-state index contributed by atoms with van der Waals surface area (Å²) in [6.07, 6.45) is 1.30. The van der Waals surface area contributed by atoms with E-state index >= 15 is 0 Å². The summed E-state index contributed by atoms with van der Waals surface area (Å²) in [7, 11) is 0. The summed E-state index contributed by atoms with van der Waals surface area (Å²) in [4.78, 5) is 23.4. The molecule has 2 aromatic rings. The summed E-state index contributed by atoms with van der Waals surface area (Å²) >= 11 is 11.8. The molecule has 0 radical (unpaired) electrons. The number of amides is 1. The number of anilines is 1. The van der Waals surface area contributed by atoms with Crippen molar-refractivity contribution in [3.63, 3.8) is 0 Å². The SMILES string of the molecule is N#C/C(=C\c1ccc(Cl)cc1Cl)C(=O)Nc1ccccc1C(=O)O. The van der Waals surface area contributed by atoms with Crippen molar-refractivity contribution in [3.8, 4) is 6.07 Å². The monoisotopic (exact) mass is 360 g/mol. The van der Waals surface area contributed by atoms with Gasteiger partial charge < -0.3 is 10.4 Å². The number of nitrogens with zero attached hydrogens (tertiary/aromatic N) is 1. The number of halogens is 2. The molecule has 0 heterocycles. The Morgan fingerprint density at radius 1 is 1.17 bits per heavy atom. The van der Waals surface area contributed by atoms with E-state index in [1.54, 1.807) is 24.3 Å². The molecule has 24 heavy (non-hydrogen) atoms. The fourth-order valence-electron chi connectivity index (χ4n) is 1.89. The first-order valence-electron chi connectivity index (χ1n) is 6.63. The highest BCUT2D eigenvalue weighted by Crippen LogP contribution is 2.23. The molecule has 1 amide bonds. The van der Waals surface area contributed by atoms with E-state index in [4.69, 9.17) is 28.3 Å². The standard InChI is InChI=1S/C17H10Cl2N2O3/c18-12-6-5-10(14(19)8-12)7-11(9-20)16(22)21-15-4-2-1-3-13(15)17(23)24/h1-8H,(H,21,22)(H,23,24)/b11-7+. The lowest BCUT2D eigenvalue weighted by Gasteiger charge is -2.08. The molecule has 2 rings (SSSR count). The zero-order valence-corrected chi connectivity index (χ0v) is 13.6. The number of hydrogen-bond acceptors (Lipinski definition) is 3. The quantitative estimate of drug-likeness (QED) is 0.630. The molecule has 120 valence electrons. The number of carboxylic acids is 1. The van der Waals surface area contributed by atoms with Crippen LogP contribution in [0.5, 0.6) is 0 Å². The van der Waals surface area contributed by atoms with Gasteiger partial charge in [0.25, 0.3) is 5.91 Å². The molecule has 0 aromatic heterocycles. The molecule has 7 heteroatoms. The minimum absolute atomic E-state index is 0.0762. The third kappa shape index (κ3) is 4.13. The van der Waals surface area contributed by atoms with E-state index < -0.39 is 11.9 Å². The lowest BCUT2D eigenvalue weighted by molar-refractivity contribution is -0.112. The topological polar surface area (TPSA) is 90.2 Å². The predicted octanol–water partition coefficient (Wildman–Crippen LogP) is 4.24. The van der Waals surface area contributed by atoms with Crippen molar-refractivity contribution in [2.24, 2.45) is 0 Å². The van der Waals surface area contributed by atoms with E-state index in [-0.39, 0.29) is 21.8 Å². The van der Waals surface area contributed by atoms with Crippen LogP contribution >= 0.6 is 23.2 Å². The molecule has 0 bridgehead atoms. The zero-order chi connectivity index (χ0) is 17.7. The minimum atomic E-state index is -1.19. The number of carbonyl (C=O) groups excluding carboxylic acids is 1. The van der Waals surface area contributed by atoms with Crippen molar-refractivity contribution in [2.45, 2.75) is 0 Å². The smallest absolute Gasteiger partial charge is 0.337 e. The molecular weight excluding hydrogens is 351 g/mol. The highest BCUT2D eigenvalue weighted by atomic mass is 35.5. The Kier molecular flexibility index (Phi) is 5.59. The maximum absolute atomic E-state index is 12.2. The van der Waals surface area contributed by atoms with Gasteiger partial charge in [-0.25, -0.2) is 4.79 Å². The Balaban J connectivity index is 2.32. The molecule has 0 aliphatic heterocycles. The van der Waals surface area contributed by atoms with Crippen LogP contribution in [0, 0.1) is 11.3 Å². The van der Waals surface area contributed by atoms with Gasteiger partial charge in [0.1, 0.15) is 11.6 Å². The van der Waals surface area contributed by atoms with Crippen molar-refractivity contribution in [2.75, 3.05) is 5.32 Å². The molecule has 2 N–H and O–H groups in total. The fourth-order valence-corrected chi connectivity index (χ4v) is 2.35.